The third-order valence-electron chi connectivity index (χ3n) is 6.11. The molecule has 0 bridgehead atoms. The Morgan fingerprint density at radius 3 is 0.974 bits per heavy atom. The fourth-order valence-electron chi connectivity index (χ4n) is 4.10. The maximum Gasteiger partial charge on any atom is 0.416 e. The lowest BCUT2D eigenvalue weighted by atomic mass is 10.0. The third-order valence-corrected chi connectivity index (χ3v) is 6.11. The Hall–Kier alpha value is -5.07. The zero-order chi connectivity index (χ0) is 28.5. The highest BCUT2D eigenvalue weighted by molar-refractivity contribution is 6.12. The predicted octanol–water partition coefficient (Wildman–Crippen LogP) is 8.28. The van der Waals surface area contributed by atoms with Crippen LogP contribution in [0.3, 0.4) is 0 Å². The van der Waals surface area contributed by atoms with Crippen molar-refractivity contribution < 1.29 is 26.3 Å². The molecule has 3 aromatic carbocycles. The number of allylic oxidation sites excluding steroid dienone is 6. The van der Waals surface area contributed by atoms with Crippen molar-refractivity contribution in [2.24, 2.45) is 0 Å². The van der Waals surface area contributed by atoms with Gasteiger partial charge >= 0.3 is 12.4 Å². The molecule has 1 aliphatic rings. The van der Waals surface area contributed by atoms with Gasteiger partial charge in [0.05, 0.1) is 27.8 Å². The van der Waals surface area contributed by atoms with Gasteiger partial charge in [0.2, 0.25) is 0 Å². The van der Waals surface area contributed by atoms with E-state index < -0.39 is 23.5 Å². The summed E-state index contributed by atoms with van der Waals surface area (Å²) < 4.78 is 78.4. The second-order valence-corrected chi connectivity index (χ2v) is 8.60. The van der Waals surface area contributed by atoms with Crippen LogP contribution in [0.4, 0.5) is 26.3 Å². The fourth-order valence-corrected chi connectivity index (χ4v) is 4.10. The van der Waals surface area contributed by atoms with E-state index in [1.165, 1.54) is 0 Å². The highest BCUT2D eigenvalue weighted by atomic mass is 19.4. The fraction of sp³-hybridized carbons (Fsp3) is 0.100. The van der Waals surface area contributed by atoms with E-state index >= 15 is 0 Å². The van der Waals surface area contributed by atoms with Crippen LogP contribution in [-0.2, 0) is 12.4 Å². The van der Waals surface area contributed by atoms with Gasteiger partial charge in [-0.25, -0.2) is 0 Å². The maximum atomic E-state index is 13.1. The molecular formula is C30H15F6N3. The Balaban J connectivity index is 2.00. The Kier molecular flexibility index (Phi) is 6.92. The largest absolute Gasteiger partial charge is 0.416 e. The first-order valence-electron chi connectivity index (χ1n) is 11.3. The van der Waals surface area contributed by atoms with Crippen LogP contribution in [0.1, 0.15) is 33.4 Å². The van der Waals surface area contributed by atoms with Crippen LogP contribution >= 0.6 is 0 Å². The van der Waals surface area contributed by atoms with Crippen LogP contribution in [0.25, 0.3) is 16.7 Å². The maximum absolute atomic E-state index is 13.1. The Morgan fingerprint density at radius 1 is 0.487 bits per heavy atom. The molecule has 1 fully saturated rings. The molecule has 0 unspecified atom stereocenters. The van der Waals surface area contributed by atoms with E-state index in [4.69, 9.17) is 0 Å². The number of rotatable bonds is 3. The summed E-state index contributed by atoms with van der Waals surface area (Å²) >= 11 is 0. The van der Waals surface area contributed by atoms with Gasteiger partial charge in [-0.3, -0.25) is 0 Å². The summed E-state index contributed by atoms with van der Waals surface area (Å²) in [6.07, 6.45) is -9.19. The van der Waals surface area contributed by atoms with Gasteiger partial charge in [-0.2, -0.15) is 42.1 Å². The Labute approximate surface area is 219 Å². The molecule has 192 valence electrons. The first kappa shape index (κ1) is 27.0. The molecule has 0 aliphatic heterocycles. The highest BCUT2D eigenvalue weighted by Crippen LogP contribution is 2.56. The van der Waals surface area contributed by atoms with Crippen molar-refractivity contribution in [3.63, 3.8) is 0 Å². The first-order chi connectivity index (χ1) is 18.4. The molecule has 3 aromatic rings. The van der Waals surface area contributed by atoms with Crippen molar-refractivity contribution in [3.8, 4) is 18.2 Å². The van der Waals surface area contributed by atoms with Gasteiger partial charge < -0.3 is 0 Å². The summed E-state index contributed by atoms with van der Waals surface area (Å²) in [5.41, 5.74) is 0.323. The minimum atomic E-state index is -4.59. The molecule has 0 saturated heterocycles. The van der Waals surface area contributed by atoms with Gasteiger partial charge in [0.1, 0.15) is 18.2 Å². The predicted molar refractivity (Wildman–Crippen MR) is 132 cm³/mol. The molecule has 3 nitrogen and oxygen atoms in total. The summed E-state index contributed by atoms with van der Waals surface area (Å²) in [5, 5.41) is 30.0. The van der Waals surface area contributed by atoms with E-state index in [0.717, 1.165) is 54.1 Å². The lowest BCUT2D eigenvalue weighted by molar-refractivity contribution is -0.138. The third kappa shape index (κ3) is 5.32. The smallest absolute Gasteiger partial charge is 0.192 e. The average Bonchev–Trinajstić information content (AvgIpc) is 3.60. The minimum absolute atomic E-state index is 0.0757. The van der Waals surface area contributed by atoms with Crippen molar-refractivity contribution in [2.45, 2.75) is 19.3 Å². The normalized spacial score (nSPS) is 15.5. The van der Waals surface area contributed by atoms with Gasteiger partial charge in [0.25, 0.3) is 0 Å². The highest BCUT2D eigenvalue weighted by Gasteiger charge is 2.41. The number of nitrogens with zero attached hydrogens (tertiary/aromatic N) is 3. The summed E-state index contributed by atoms with van der Waals surface area (Å²) in [4.78, 5) is 0. The topological polar surface area (TPSA) is 71.4 Å². The van der Waals surface area contributed by atoms with Crippen molar-refractivity contribution in [1.82, 2.24) is 0 Å². The minimum Gasteiger partial charge on any atom is -0.192 e. The van der Waals surface area contributed by atoms with Gasteiger partial charge in [0.15, 0.2) is 0 Å². The zero-order valence-electron chi connectivity index (χ0n) is 20.0. The molecule has 0 N–H and O–H groups in total. The van der Waals surface area contributed by atoms with Gasteiger partial charge in [-0.05, 0) is 47.9 Å². The SMILES string of the molecule is Cc1ccc(C(C#N)=C2C(=C(C#N)c3ccc(C(F)(F)F)cc3)C2=C(C#N)c2ccc(C(F)(F)F)cc2)cc1. The van der Waals surface area contributed by atoms with Gasteiger partial charge in [-0.15, -0.1) is 0 Å². The molecule has 39 heavy (non-hydrogen) atoms. The molecule has 0 aromatic heterocycles. The lowest BCUT2D eigenvalue weighted by Gasteiger charge is -2.07. The van der Waals surface area contributed by atoms with Crippen LogP contribution in [0.2, 0.25) is 0 Å². The van der Waals surface area contributed by atoms with E-state index in [1.807, 2.05) is 19.1 Å². The molecule has 0 atom stereocenters. The van der Waals surface area contributed by atoms with Crippen molar-refractivity contribution in [1.29, 1.82) is 15.8 Å². The van der Waals surface area contributed by atoms with Crippen molar-refractivity contribution in [3.05, 3.63) is 123 Å². The average molecular weight is 531 g/mol. The number of aryl methyl sites for hydroxylation is 1. The Bertz CT molecular complexity index is 1570. The van der Waals surface area contributed by atoms with Crippen LogP contribution in [0.5, 0.6) is 0 Å². The van der Waals surface area contributed by atoms with Gasteiger partial charge in [-0.1, -0.05) is 54.1 Å². The lowest BCUT2D eigenvalue weighted by Crippen LogP contribution is -2.04. The van der Waals surface area contributed by atoms with E-state index in [9.17, 15) is 42.1 Å². The number of hydrogen-bond acceptors (Lipinski definition) is 3. The molecular weight excluding hydrogens is 516 g/mol. The van der Waals surface area contributed by atoms with Crippen LogP contribution in [0.15, 0.2) is 89.5 Å². The number of nitriles is 3. The van der Waals surface area contributed by atoms with Crippen molar-refractivity contribution >= 4 is 16.7 Å². The molecule has 4 rings (SSSR count). The molecule has 0 radical (unpaired) electrons. The molecule has 0 spiro atoms. The number of benzene rings is 3. The van der Waals surface area contributed by atoms with E-state index in [1.54, 1.807) is 24.3 Å². The van der Waals surface area contributed by atoms with Crippen LogP contribution in [-0.4, -0.2) is 0 Å². The van der Waals surface area contributed by atoms with Crippen molar-refractivity contribution in [2.75, 3.05) is 0 Å². The molecule has 0 amide bonds. The van der Waals surface area contributed by atoms with E-state index in [0.29, 0.717) is 5.56 Å². The van der Waals surface area contributed by atoms with E-state index in [-0.39, 0.29) is 44.6 Å². The van der Waals surface area contributed by atoms with Gasteiger partial charge in [0, 0.05) is 16.7 Å². The molecule has 1 aliphatic carbocycles. The van der Waals surface area contributed by atoms with Crippen LogP contribution < -0.4 is 0 Å². The Morgan fingerprint density at radius 2 is 0.744 bits per heavy atom. The quantitative estimate of drug-likeness (QED) is 0.252. The summed E-state index contributed by atoms with van der Waals surface area (Å²) in [6.45, 7) is 1.84. The summed E-state index contributed by atoms with van der Waals surface area (Å²) in [6, 6.07) is 20.6. The van der Waals surface area contributed by atoms with Crippen LogP contribution in [0, 0.1) is 40.9 Å². The number of alkyl halides is 6. The number of halogens is 6. The molecule has 1 saturated carbocycles. The molecule has 0 heterocycles. The first-order valence-corrected chi connectivity index (χ1v) is 11.3. The second kappa shape index (κ2) is 10.0. The number of hydrogen-bond donors (Lipinski definition) is 0. The monoisotopic (exact) mass is 531 g/mol. The summed E-state index contributed by atoms with van der Waals surface area (Å²) in [7, 11) is 0. The standard InChI is InChI=1S/C30H15F6N3/c1-17-2-4-18(5-3-17)23(14-37)26-27(24(15-38)19-6-10-21(11-7-19)29(31,32)33)28(26)25(16-39)20-8-12-22(13-9-20)30(34,35)36/h2-13H,1H3. The molecule has 9 heteroatoms. The van der Waals surface area contributed by atoms with E-state index in [2.05, 4.69) is 6.07 Å². The second-order valence-electron chi connectivity index (χ2n) is 8.60. The summed E-state index contributed by atoms with van der Waals surface area (Å²) in [5.74, 6) is 0. The zero-order valence-corrected chi connectivity index (χ0v) is 20.0.